The van der Waals surface area contributed by atoms with Crippen LogP contribution < -0.4 is 5.32 Å². The third-order valence-electron chi connectivity index (χ3n) is 2.30. The van der Waals surface area contributed by atoms with Gasteiger partial charge in [0.2, 0.25) is 5.89 Å². The molecule has 0 spiro atoms. The van der Waals surface area contributed by atoms with Crippen LogP contribution in [0.5, 0.6) is 0 Å². The van der Waals surface area contributed by atoms with Gasteiger partial charge in [-0.05, 0) is 25.1 Å². The molecule has 2 aromatic rings. The Kier molecular flexibility index (Phi) is 4.10. The van der Waals surface area contributed by atoms with Gasteiger partial charge >= 0.3 is 12.2 Å². The number of hydrogen-bond donors (Lipinski definition) is 1. The summed E-state index contributed by atoms with van der Waals surface area (Å²) >= 11 is 11.2. The van der Waals surface area contributed by atoms with E-state index in [1.807, 2.05) is 0 Å². The maximum Gasteiger partial charge on any atom is 0.417 e. The fourth-order valence-electron chi connectivity index (χ4n) is 1.39. The Bertz CT molecular complexity index is 613. The van der Waals surface area contributed by atoms with Crippen LogP contribution in [-0.2, 0) is 6.18 Å². The minimum atomic E-state index is -4.54. The first-order valence-corrected chi connectivity index (χ1v) is 6.20. The summed E-state index contributed by atoms with van der Waals surface area (Å²) in [4.78, 5) is 0. The minimum absolute atomic E-state index is 0.0528. The summed E-state index contributed by atoms with van der Waals surface area (Å²) in [7, 11) is 0. The molecule has 0 bridgehead atoms. The second kappa shape index (κ2) is 5.49. The summed E-state index contributed by atoms with van der Waals surface area (Å²) in [5.41, 5.74) is -0.825. The van der Waals surface area contributed by atoms with Crippen LogP contribution in [0.4, 0.5) is 24.9 Å². The topological polar surface area (TPSA) is 51.0 Å². The largest absolute Gasteiger partial charge is 0.417 e. The monoisotopic (exact) mass is 325 g/mol. The number of anilines is 2. The second-order valence-electron chi connectivity index (χ2n) is 3.88. The molecule has 108 valence electrons. The lowest BCUT2D eigenvalue weighted by molar-refractivity contribution is -0.137. The lowest BCUT2D eigenvalue weighted by atomic mass is 10.2. The first-order valence-electron chi connectivity index (χ1n) is 5.38. The van der Waals surface area contributed by atoms with Gasteiger partial charge in [0.15, 0.2) is 0 Å². The molecule has 1 unspecified atom stereocenters. The van der Waals surface area contributed by atoms with Crippen molar-refractivity contribution < 1.29 is 17.6 Å². The highest BCUT2D eigenvalue weighted by molar-refractivity contribution is 6.31. The fraction of sp³-hybridized carbons (Fsp3) is 0.273. The van der Waals surface area contributed by atoms with Gasteiger partial charge in [0.05, 0.1) is 10.6 Å². The first-order chi connectivity index (χ1) is 9.27. The van der Waals surface area contributed by atoms with E-state index in [1.54, 1.807) is 6.92 Å². The average Bonchev–Trinajstić information content (AvgIpc) is 2.79. The number of aromatic nitrogens is 2. The summed E-state index contributed by atoms with van der Waals surface area (Å²) in [6.45, 7) is 1.63. The molecule has 0 saturated carbocycles. The zero-order chi connectivity index (χ0) is 14.9. The Morgan fingerprint density at radius 1 is 1.30 bits per heavy atom. The van der Waals surface area contributed by atoms with Gasteiger partial charge in [-0.25, -0.2) is 0 Å². The highest BCUT2D eigenvalue weighted by Gasteiger charge is 2.33. The molecule has 1 heterocycles. The van der Waals surface area contributed by atoms with Crippen molar-refractivity contribution >= 4 is 34.9 Å². The molecule has 1 N–H and O–H groups in total. The molecule has 0 amide bonds. The van der Waals surface area contributed by atoms with Gasteiger partial charge in [-0.2, -0.15) is 13.2 Å². The Balaban J connectivity index is 2.25. The van der Waals surface area contributed by atoms with Crippen molar-refractivity contribution in [1.82, 2.24) is 10.2 Å². The van der Waals surface area contributed by atoms with Crippen molar-refractivity contribution in [3.8, 4) is 0 Å². The van der Waals surface area contributed by atoms with E-state index in [-0.39, 0.29) is 22.6 Å². The van der Waals surface area contributed by atoms with Gasteiger partial charge in [-0.15, -0.1) is 16.7 Å². The van der Waals surface area contributed by atoms with E-state index in [1.165, 1.54) is 6.07 Å². The smallest absolute Gasteiger partial charge is 0.406 e. The summed E-state index contributed by atoms with van der Waals surface area (Å²) in [5, 5.41) is 8.95. The van der Waals surface area contributed by atoms with Crippen LogP contribution in [0.2, 0.25) is 5.02 Å². The third-order valence-corrected chi connectivity index (χ3v) is 2.82. The molecule has 0 aliphatic rings. The number of alkyl halides is 4. The number of hydrogen-bond acceptors (Lipinski definition) is 4. The fourth-order valence-corrected chi connectivity index (χ4v) is 1.70. The summed E-state index contributed by atoms with van der Waals surface area (Å²) in [6, 6.07) is 3.30. The van der Waals surface area contributed by atoms with Gasteiger partial charge in [0.25, 0.3) is 0 Å². The summed E-state index contributed by atoms with van der Waals surface area (Å²) in [6.07, 6.45) is -4.54. The molecule has 0 saturated heterocycles. The van der Waals surface area contributed by atoms with Crippen LogP contribution in [0.3, 0.4) is 0 Å². The Hall–Kier alpha value is -1.47. The van der Waals surface area contributed by atoms with Crippen LogP contribution in [0.25, 0.3) is 0 Å². The number of nitrogens with one attached hydrogen (secondary N) is 1. The molecule has 0 radical (unpaired) electrons. The molecule has 1 aromatic heterocycles. The Morgan fingerprint density at radius 3 is 2.55 bits per heavy atom. The van der Waals surface area contributed by atoms with Crippen molar-refractivity contribution in [1.29, 1.82) is 0 Å². The van der Waals surface area contributed by atoms with E-state index in [0.29, 0.717) is 0 Å². The van der Waals surface area contributed by atoms with Crippen LogP contribution in [0, 0.1) is 0 Å². The third kappa shape index (κ3) is 3.34. The molecule has 0 aliphatic carbocycles. The lowest BCUT2D eigenvalue weighted by Crippen LogP contribution is -2.06. The molecular weight excluding hydrogens is 318 g/mol. The van der Waals surface area contributed by atoms with E-state index in [4.69, 9.17) is 27.6 Å². The molecule has 0 aliphatic heterocycles. The molecule has 1 aromatic carbocycles. The van der Waals surface area contributed by atoms with Gasteiger partial charge in [-0.1, -0.05) is 16.7 Å². The lowest BCUT2D eigenvalue weighted by Gasteiger charge is -2.10. The van der Waals surface area contributed by atoms with Crippen LogP contribution in [0.1, 0.15) is 23.8 Å². The predicted molar refractivity (Wildman–Crippen MR) is 68.3 cm³/mol. The van der Waals surface area contributed by atoms with Crippen molar-refractivity contribution in [2.24, 2.45) is 0 Å². The summed E-state index contributed by atoms with van der Waals surface area (Å²) in [5.74, 6) is 0.166. The average molecular weight is 326 g/mol. The number of nitrogens with zero attached hydrogens (tertiary/aromatic N) is 2. The standard InChI is InChI=1S/C11H8Cl2F3N3O/c1-5(12)9-18-19-10(20-9)17-6-2-3-8(13)7(4-6)11(14,15)16/h2-5H,1H3,(H,17,19). The number of rotatable bonds is 3. The second-order valence-corrected chi connectivity index (χ2v) is 4.94. The summed E-state index contributed by atoms with van der Waals surface area (Å²) < 4.78 is 43.2. The Morgan fingerprint density at radius 2 is 2.00 bits per heavy atom. The van der Waals surface area contributed by atoms with E-state index in [2.05, 4.69) is 15.5 Å². The molecule has 20 heavy (non-hydrogen) atoms. The molecule has 0 fully saturated rings. The maximum atomic E-state index is 12.7. The highest BCUT2D eigenvalue weighted by atomic mass is 35.5. The molecular formula is C11H8Cl2F3N3O. The molecule has 9 heteroatoms. The zero-order valence-corrected chi connectivity index (χ0v) is 11.5. The minimum Gasteiger partial charge on any atom is -0.406 e. The van der Waals surface area contributed by atoms with Gasteiger partial charge in [0, 0.05) is 5.69 Å². The van der Waals surface area contributed by atoms with Gasteiger partial charge in [-0.3, -0.25) is 0 Å². The zero-order valence-electron chi connectivity index (χ0n) is 10.0. The van der Waals surface area contributed by atoms with Gasteiger partial charge in [0.1, 0.15) is 5.38 Å². The van der Waals surface area contributed by atoms with Crippen LogP contribution in [0.15, 0.2) is 22.6 Å². The van der Waals surface area contributed by atoms with Crippen LogP contribution >= 0.6 is 23.2 Å². The van der Waals surface area contributed by atoms with Crippen LogP contribution in [-0.4, -0.2) is 10.2 Å². The van der Waals surface area contributed by atoms with E-state index < -0.39 is 17.1 Å². The number of halogens is 5. The number of benzene rings is 1. The van der Waals surface area contributed by atoms with Crippen molar-refractivity contribution in [3.05, 3.63) is 34.7 Å². The highest BCUT2D eigenvalue weighted by Crippen LogP contribution is 2.36. The quantitative estimate of drug-likeness (QED) is 0.824. The maximum absolute atomic E-state index is 12.7. The Labute approximate surface area is 121 Å². The van der Waals surface area contributed by atoms with E-state index in [0.717, 1.165) is 12.1 Å². The molecule has 2 rings (SSSR count). The molecule has 4 nitrogen and oxygen atoms in total. The normalized spacial score (nSPS) is 13.3. The predicted octanol–water partition coefficient (Wildman–Crippen LogP) is 4.79. The first kappa shape index (κ1) is 14.9. The van der Waals surface area contributed by atoms with E-state index >= 15 is 0 Å². The van der Waals surface area contributed by atoms with E-state index in [9.17, 15) is 13.2 Å². The van der Waals surface area contributed by atoms with Crippen molar-refractivity contribution in [3.63, 3.8) is 0 Å². The van der Waals surface area contributed by atoms with Crippen molar-refractivity contribution in [2.75, 3.05) is 5.32 Å². The van der Waals surface area contributed by atoms with Crippen molar-refractivity contribution in [2.45, 2.75) is 18.5 Å². The molecule has 1 atom stereocenters. The van der Waals surface area contributed by atoms with Gasteiger partial charge < -0.3 is 9.73 Å². The SMILES string of the molecule is CC(Cl)c1nnc(Nc2ccc(Cl)c(C(F)(F)F)c2)o1.